The minimum absolute atomic E-state index is 0.151. The number of hydrogen-bond acceptors (Lipinski definition) is 4. The summed E-state index contributed by atoms with van der Waals surface area (Å²) in [5.41, 5.74) is 2.32. The van der Waals surface area contributed by atoms with Gasteiger partial charge >= 0.3 is 0 Å². The van der Waals surface area contributed by atoms with Crippen molar-refractivity contribution in [3.63, 3.8) is 0 Å². The number of halogens is 1. The third-order valence-corrected chi connectivity index (χ3v) is 4.84. The van der Waals surface area contributed by atoms with Gasteiger partial charge in [0, 0.05) is 16.0 Å². The number of amides is 1. The molecule has 0 radical (unpaired) electrons. The van der Waals surface area contributed by atoms with Gasteiger partial charge in [0.05, 0.1) is 5.56 Å². The zero-order valence-electron chi connectivity index (χ0n) is 13.0. The van der Waals surface area contributed by atoms with Crippen molar-refractivity contribution in [3.05, 3.63) is 56.9 Å². The lowest BCUT2D eigenvalue weighted by Gasteiger charge is -2.06. The molecule has 122 valence electrons. The lowest BCUT2D eigenvalue weighted by molar-refractivity contribution is -0.115. The van der Waals surface area contributed by atoms with E-state index in [0.29, 0.717) is 15.6 Å². The molecule has 7 heteroatoms. The summed E-state index contributed by atoms with van der Waals surface area (Å²) in [6.07, 6.45) is 3.04. The second-order valence-corrected chi connectivity index (χ2v) is 7.00. The maximum Gasteiger partial charge on any atom is 0.250 e. The SMILES string of the molecule is Cc1sc(NC(=S)NC(=O)/C=C/c2ccc(Cl)cc2)c(C#N)c1C. The molecule has 0 aliphatic rings. The molecule has 1 heterocycles. The average molecular weight is 376 g/mol. The van der Waals surface area contributed by atoms with Crippen LogP contribution in [0.4, 0.5) is 5.00 Å². The van der Waals surface area contributed by atoms with E-state index in [2.05, 4.69) is 16.7 Å². The molecule has 0 bridgehead atoms. The van der Waals surface area contributed by atoms with Crippen molar-refractivity contribution in [1.29, 1.82) is 5.26 Å². The van der Waals surface area contributed by atoms with Gasteiger partial charge in [0.15, 0.2) is 5.11 Å². The van der Waals surface area contributed by atoms with Crippen molar-refractivity contribution >= 4 is 57.3 Å². The minimum atomic E-state index is -0.356. The fourth-order valence-electron chi connectivity index (χ4n) is 1.88. The van der Waals surface area contributed by atoms with E-state index in [1.165, 1.54) is 17.4 Å². The summed E-state index contributed by atoms with van der Waals surface area (Å²) in [5, 5.41) is 16.1. The number of hydrogen-bond donors (Lipinski definition) is 2. The Balaban J connectivity index is 1.97. The molecule has 0 aliphatic heterocycles. The van der Waals surface area contributed by atoms with Gasteiger partial charge in [0.1, 0.15) is 11.1 Å². The van der Waals surface area contributed by atoms with Crippen LogP contribution in [-0.4, -0.2) is 11.0 Å². The Morgan fingerprint density at radius 3 is 2.62 bits per heavy atom. The molecule has 0 saturated heterocycles. The van der Waals surface area contributed by atoms with Gasteiger partial charge in [0.25, 0.3) is 0 Å². The van der Waals surface area contributed by atoms with Gasteiger partial charge in [-0.1, -0.05) is 23.7 Å². The summed E-state index contributed by atoms with van der Waals surface area (Å²) in [4.78, 5) is 12.9. The lowest BCUT2D eigenvalue weighted by atomic mass is 10.2. The second kappa shape index (κ2) is 8.06. The van der Waals surface area contributed by atoms with E-state index in [-0.39, 0.29) is 11.0 Å². The molecule has 0 aliphatic carbocycles. The first-order chi connectivity index (χ1) is 11.4. The lowest BCUT2D eigenvalue weighted by Crippen LogP contribution is -2.32. The van der Waals surface area contributed by atoms with Crippen LogP contribution in [0.3, 0.4) is 0 Å². The molecule has 1 aromatic heterocycles. The van der Waals surface area contributed by atoms with Crippen molar-refractivity contribution in [2.24, 2.45) is 0 Å². The summed E-state index contributed by atoms with van der Waals surface area (Å²) >= 11 is 12.4. The molecular formula is C17H14ClN3OS2. The maximum atomic E-state index is 11.9. The molecular weight excluding hydrogens is 362 g/mol. The summed E-state index contributed by atoms with van der Waals surface area (Å²) < 4.78 is 0. The number of carbonyl (C=O) groups is 1. The largest absolute Gasteiger partial charge is 0.323 e. The van der Waals surface area contributed by atoms with E-state index in [1.54, 1.807) is 30.3 Å². The zero-order chi connectivity index (χ0) is 17.7. The number of thiophene rings is 1. The quantitative estimate of drug-likeness (QED) is 0.615. The Bertz CT molecular complexity index is 848. The smallest absolute Gasteiger partial charge is 0.250 e. The fraction of sp³-hybridized carbons (Fsp3) is 0.118. The Labute approximate surface area is 154 Å². The molecule has 1 amide bonds. The van der Waals surface area contributed by atoms with Crippen LogP contribution in [0.25, 0.3) is 6.08 Å². The number of aryl methyl sites for hydroxylation is 1. The monoisotopic (exact) mass is 375 g/mol. The number of nitriles is 1. The summed E-state index contributed by atoms with van der Waals surface area (Å²) in [6.45, 7) is 3.81. The van der Waals surface area contributed by atoms with Gasteiger partial charge in [-0.05, 0) is 55.4 Å². The number of thiocarbonyl (C=S) groups is 1. The van der Waals surface area contributed by atoms with Crippen LogP contribution in [0.1, 0.15) is 21.6 Å². The molecule has 24 heavy (non-hydrogen) atoms. The molecule has 4 nitrogen and oxygen atoms in total. The van der Waals surface area contributed by atoms with Crippen LogP contribution < -0.4 is 10.6 Å². The molecule has 2 N–H and O–H groups in total. The molecule has 0 saturated carbocycles. The maximum absolute atomic E-state index is 11.9. The molecule has 2 aromatic rings. The van der Waals surface area contributed by atoms with Crippen LogP contribution >= 0.6 is 35.2 Å². The number of nitrogens with one attached hydrogen (secondary N) is 2. The number of benzene rings is 1. The van der Waals surface area contributed by atoms with E-state index in [1.807, 2.05) is 13.8 Å². The summed E-state index contributed by atoms with van der Waals surface area (Å²) in [7, 11) is 0. The van der Waals surface area contributed by atoms with Crippen molar-refractivity contribution in [2.75, 3.05) is 5.32 Å². The van der Waals surface area contributed by atoms with Crippen LogP contribution in [0.5, 0.6) is 0 Å². The van der Waals surface area contributed by atoms with E-state index in [9.17, 15) is 10.1 Å². The number of nitrogens with zero attached hydrogens (tertiary/aromatic N) is 1. The van der Waals surface area contributed by atoms with Gasteiger partial charge in [0.2, 0.25) is 5.91 Å². The van der Waals surface area contributed by atoms with Gasteiger partial charge in [-0.25, -0.2) is 0 Å². The molecule has 0 fully saturated rings. The highest BCUT2D eigenvalue weighted by Crippen LogP contribution is 2.31. The molecule has 0 unspecified atom stereocenters. The number of anilines is 1. The van der Waals surface area contributed by atoms with Gasteiger partial charge in [-0.3, -0.25) is 10.1 Å². The topological polar surface area (TPSA) is 64.9 Å². The molecule has 2 rings (SSSR count). The Morgan fingerprint density at radius 2 is 2.00 bits per heavy atom. The number of rotatable bonds is 3. The van der Waals surface area contributed by atoms with Gasteiger partial charge in [-0.15, -0.1) is 11.3 Å². The van der Waals surface area contributed by atoms with Crippen LogP contribution in [0.15, 0.2) is 30.3 Å². The highest BCUT2D eigenvalue weighted by Gasteiger charge is 2.13. The first kappa shape index (κ1) is 18.1. The second-order valence-electron chi connectivity index (χ2n) is 4.93. The van der Waals surface area contributed by atoms with Crippen molar-refractivity contribution in [3.8, 4) is 6.07 Å². The van der Waals surface area contributed by atoms with Crippen molar-refractivity contribution in [1.82, 2.24) is 5.32 Å². The van der Waals surface area contributed by atoms with E-state index in [0.717, 1.165) is 16.0 Å². The first-order valence-corrected chi connectivity index (χ1v) is 8.56. The summed E-state index contributed by atoms with van der Waals surface area (Å²) in [6, 6.07) is 9.25. The standard InChI is InChI=1S/C17H14ClN3OS2/c1-10-11(2)24-16(14(10)9-19)21-17(23)20-15(22)8-5-12-3-6-13(18)7-4-12/h3-8H,1-2H3,(H2,20,21,22,23)/b8-5+. The van der Waals surface area contributed by atoms with Crippen LogP contribution in [0, 0.1) is 25.2 Å². The number of carbonyl (C=O) groups excluding carboxylic acids is 1. The van der Waals surface area contributed by atoms with Crippen molar-refractivity contribution < 1.29 is 4.79 Å². The van der Waals surface area contributed by atoms with Gasteiger partial charge < -0.3 is 5.32 Å². The fourth-order valence-corrected chi connectivity index (χ4v) is 3.29. The predicted octanol–water partition coefficient (Wildman–Crippen LogP) is 4.42. The highest BCUT2D eigenvalue weighted by molar-refractivity contribution is 7.80. The minimum Gasteiger partial charge on any atom is -0.323 e. The first-order valence-electron chi connectivity index (χ1n) is 6.96. The predicted molar refractivity (Wildman–Crippen MR) is 103 cm³/mol. The molecule has 1 aromatic carbocycles. The third kappa shape index (κ3) is 4.65. The van der Waals surface area contributed by atoms with Gasteiger partial charge in [-0.2, -0.15) is 5.26 Å². The third-order valence-electron chi connectivity index (χ3n) is 3.26. The Morgan fingerprint density at radius 1 is 1.33 bits per heavy atom. The normalized spacial score (nSPS) is 10.4. The summed E-state index contributed by atoms with van der Waals surface area (Å²) in [5.74, 6) is -0.356. The Kier molecular flexibility index (Phi) is 6.10. The van der Waals surface area contributed by atoms with E-state index < -0.39 is 0 Å². The zero-order valence-corrected chi connectivity index (χ0v) is 15.4. The molecule has 0 atom stereocenters. The molecule has 0 spiro atoms. The van der Waals surface area contributed by atoms with E-state index >= 15 is 0 Å². The van der Waals surface area contributed by atoms with Crippen LogP contribution in [0.2, 0.25) is 5.02 Å². The average Bonchev–Trinajstić information content (AvgIpc) is 2.80. The Hall–Kier alpha value is -2.20. The highest BCUT2D eigenvalue weighted by atomic mass is 35.5. The van der Waals surface area contributed by atoms with E-state index in [4.69, 9.17) is 23.8 Å². The van der Waals surface area contributed by atoms with Crippen molar-refractivity contribution in [2.45, 2.75) is 13.8 Å². The van der Waals surface area contributed by atoms with Crippen LogP contribution in [-0.2, 0) is 4.79 Å².